The van der Waals surface area contributed by atoms with E-state index in [1.165, 1.54) is 29.2 Å². The summed E-state index contributed by atoms with van der Waals surface area (Å²) in [5.41, 5.74) is 13.3. The lowest BCUT2D eigenvalue weighted by Crippen LogP contribution is -2.28. The Morgan fingerprint density at radius 2 is 1.97 bits per heavy atom. The zero-order chi connectivity index (χ0) is 22.9. The maximum atomic E-state index is 13.6. The quantitative estimate of drug-likeness (QED) is 0.513. The van der Waals surface area contributed by atoms with Crippen LogP contribution in [0, 0.1) is 0 Å². The standard InChI is InChI=1S/C21H22F3N7O/c22-21(23,24)16(4-6-18(32)30-14-2-3-14)12-1-5-17(28-9-12)31-11-13(10-29-31)15-7-8-27-20(26)19(15)25/h1,5,7-11,14,16H,2-4,6,25H2,(H2,26,27)(H,30,32). The van der Waals surface area contributed by atoms with Crippen molar-refractivity contribution in [2.24, 2.45) is 0 Å². The molecular weight excluding hydrogens is 423 g/mol. The van der Waals surface area contributed by atoms with Crippen molar-refractivity contribution in [3.8, 4) is 16.9 Å². The molecule has 1 aliphatic rings. The number of nitrogens with two attached hydrogens (primary N) is 2. The fourth-order valence-corrected chi connectivity index (χ4v) is 3.39. The Hall–Kier alpha value is -3.63. The van der Waals surface area contributed by atoms with Crippen molar-refractivity contribution >= 4 is 17.4 Å². The van der Waals surface area contributed by atoms with E-state index in [4.69, 9.17) is 11.5 Å². The number of nitrogen functional groups attached to an aromatic ring is 2. The first-order chi connectivity index (χ1) is 15.2. The van der Waals surface area contributed by atoms with Crippen LogP contribution in [0.1, 0.15) is 37.2 Å². The fourth-order valence-electron chi connectivity index (χ4n) is 3.39. The zero-order valence-corrected chi connectivity index (χ0v) is 17.0. The molecule has 0 radical (unpaired) electrons. The number of nitrogens with zero attached hydrogens (tertiary/aromatic N) is 4. The molecule has 0 spiro atoms. The van der Waals surface area contributed by atoms with Gasteiger partial charge in [0.05, 0.1) is 17.8 Å². The largest absolute Gasteiger partial charge is 0.395 e. The third kappa shape index (κ3) is 4.82. The summed E-state index contributed by atoms with van der Waals surface area (Å²) < 4.78 is 42.3. The van der Waals surface area contributed by atoms with Gasteiger partial charge in [0.25, 0.3) is 0 Å². The van der Waals surface area contributed by atoms with Gasteiger partial charge >= 0.3 is 6.18 Å². The van der Waals surface area contributed by atoms with E-state index in [0.717, 1.165) is 12.8 Å². The second-order valence-corrected chi connectivity index (χ2v) is 7.76. The first kappa shape index (κ1) is 21.6. The van der Waals surface area contributed by atoms with Crippen LogP contribution in [0.25, 0.3) is 16.9 Å². The normalized spacial score (nSPS) is 14.8. The average Bonchev–Trinajstić information content (AvgIpc) is 3.42. The van der Waals surface area contributed by atoms with Gasteiger partial charge in [0.15, 0.2) is 5.82 Å². The van der Waals surface area contributed by atoms with Crippen LogP contribution in [0.2, 0.25) is 0 Å². The summed E-state index contributed by atoms with van der Waals surface area (Å²) in [6.07, 6.45) is 2.65. The minimum Gasteiger partial charge on any atom is -0.395 e. The predicted molar refractivity (Wildman–Crippen MR) is 113 cm³/mol. The smallest absolute Gasteiger partial charge is 0.395 e. The van der Waals surface area contributed by atoms with E-state index in [-0.39, 0.29) is 36.2 Å². The number of hydrogen-bond donors (Lipinski definition) is 3. The van der Waals surface area contributed by atoms with E-state index in [1.807, 2.05) is 0 Å². The van der Waals surface area contributed by atoms with Crippen molar-refractivity contribution in [2.45, 2.75) is 43.8 Å². The minimum absolute atomic E-state index is 0.000923. The molecule has 5 N–H and O–H groups in total. The summed E-state index contributed by atoms with van der Waals surface area (Å²) in [6, 6.07) is 4.63. The lowest BCUT2D eigenvalue weighted by molar-refractivity contribution is -0.153. The van der Waals surface area contributed by atoms with Gasteiger partial charge in [-0.1, -0.05) is 6.07 Å². The first-order valence-electron chi connectivity index (χ1n) is 10.1. The summed E-state index contributed by atoms with van der Waals surface area (Å²) >= 11 is 0. The van der Waals surface area contributed by atoms with Crippen LogP contribution in [0.3, 0.4) is 0 Å². The monoisotopic (exact) mass is 445 g/mol. The van der Waals surface area contributed by atoms with Gasteiger partial charge in [-0.25, -0.2) is 14.6 Å². The van der Waals surface area contributed by atoms with Crippen LogP contribution in [0.5, 0.6) is 0 Å². The number of amides is 1. The predicted octanol–water partition coefficient (Wildman–Crippen LogP) is 3.20. The van der Waals surface area contributed by atoms with Gasteiger partial charge in [-0.05, 0) is 37.0 Å². The van der Waals surface area contributed by atoms with Crippen LogP contribution in [-0.2, 0) is 4.79 Å². The molecule has 1 amide bonds. The highest BCUT2D eigenvalue weighted by Crippen LogP contribution is 2.38. The number of alkyl halides is 3. The molecule has 3 heterocycles. The molecular formula is C21H22F3N7O. The molecule has 1 atom stereocenters. The number of anilines is 2. The van der Waals surface area contributed by atoms with Gasteiger partial charge in [0, 0.05) is 42.2 Å². The molecule has 1 unspecified atom stereocenters. The zero-order valence-electron chi connectivity index (χ0n) is 17.0. The van der Waals surface area contributed by atoms with Crippen molar-refractivity contribution in [1.82, 2.24) is 25.1 Å². The summed E-state index contributed by atoms with van der Waals surface area (Å²) in [5.74, 6) is -1.59. The maximum Gasteiger partial charge on any atom is 0.395 e. The SMILES string of the molecule is Nc1nccc(-c2cnn(-c3ccc(C(CCC(=O)NC4CC4)C(F)(F)F)cn3)c2)c1N. The first-order valence-corrected chi connectivity index (χ1v) is 10.1. The van der Waals surface area contributed by atoms with Gasteiger partial charge < -0.3 is 16.8 Å². The van der Waals surface area contributed by atoms with Gasteiger partial charge in [0.1, 0.15) is 5.82 Å². The maximum absolute atomic E-state index is 13.6. The molecule has 0 bridgehead atoms. The number of pyridine rings is 2. The van der Waals surface area contributed by atoms with Crippen molar-refractivity contribution in [1.29, 1.82) is 0 Å². The number of carbonyl (C=O) groups is 1. The van der Waals surface area contributed by atoms with E-state index in [0.29, 0.717) is 22.6 Å². The second-order valence-electron chi connectivity index (χ2n) is 7.76. The molecule has 3 aromatic rings. The lowest BCUT2D eigenvalue weighted by Gasteiger charge is -2.20. The number of carbonyl (C=O) groups excluding carboxylic acids is 1. The Kier molecular flexibility index (Phi) is 5.72. The highest BCUT2D eigenvalue weighted by Gasteiger charge is 2.41. The molecule has 0 aromatic carbocycles. The van der Waals surface area contributed by atoms with Crippen LogP contribution in [-0.4, -0.2) is 37.9 Å². The Morgan fingerprint density at radius 1 is 1.19 bits per heavy atom. The van der Waals surface area contributed by atoms with Crippen LogP contribution >= 0.6 is 0 Å². The van der Waals surface area contributed by atoms with E-state index >= 15 is 0 Å². The van der Waals surface area contributed by atoms with Crippen LogP contribution in [0.4, 0.5) is 24.7 Å². The summed E-state index contributed by atoms with van der Waals surface area (Å²) in [5, 5.41) is 6.92. The Bertz CT molecular complexity index is 1110. The molecule has 168 valence electrons. The number of halogens is 3. The van der Waals surface area contributed by atoms with Gasteiger partial charge in [-0.15, -0.1) is 0 Å². The highest BCUT2D eigenvalue weighted by molar-refractivity contribution is 5.81. The van der Waals surface area contributed by atoms with Crippen LogP contribution < -0.4 is 16.8 Å². The topological polar surface area (TPSA) is 125 Å². The highest BCUT2D eigenvalue weighted by atomic mass is 19.4. The number of hydrogen-bond acceptors (Lipinski definition) is 6. The van der Waals surface area contributed by atoms with Crippen molar-refractivity contribution in [3.63, 3.8) is 0 Å². The summed E-state index contributed by atoms with van der Waals surface area (Å²) in [4.78, 5) is 19.9. The number of rotatable bonds is 7. The third-order valence-electron chi connectivity index (χ3n) is 5.32. The Labute approximate surface area is 181 Å². The van der Waals surface area contributed by atoms with E-state index in [9.17, 15) is 18.0 Å². The molecule has 1 saturated carbocycles. The van der Waals surface area contributed by atoms with Gasteiger partial charge in [-0.3, -0.25) is 4.79 Å². The van der Waals surface area contributed by atoms with E-state index < -0.39 is 12.1 Å². The third-order valence-corrected chi connectivity index (χ3v) is 5.32. The molecule has 3 aromatic heterocycles. The van der Waals surface area contributed by atoms with E-state index in [2.05, 4.69) is 20.4 Å². The molecule has 0 aliphatic heterocycles. The van der Waals surface area contributed by atoms with E-state index in [1.54, 1.807) is 18.5 Å². The van der Waals surface area contributed by atoms with Gasteiger partial charge in [-0.2, -0.15) is 18.3 Å². The molecule has 1 aliphatic carbocycles. The number of aromatic nitrogens is 4. The van der Waals surface area contributed by atoms with Crippen molar-refractivity contribution in [2.75, 3.05) is 11.5 Å². The molecule has 0 saturated heterocycles. The molecule has 32 heavy (non-hydrogen) atoms. The average molecular weight is 445 g/mol. The fraction of sp³-hybridized carbons (Fsp3) is 0.333. The second kappa shape index (κ2) is 8.48. The molecule has 8 nitrogen and oxygen atoms in total. The Balaban J connectivity index is 1.50. The van der Waals surface area contributed by atoms with Crippen LogP contribution in [0.15, 0.2) is 43.0 Å². The minimum atomic E-state index is -4.49. The molecule has 11 heteroatoms. The Morgan fingerprint density at radius 3 is 2.62 bits per heavy atom. The lowest BCUT2D eigenvalue weighted by atomic mass is 9.94. The summed E-state index contributed by atoms with van der Waals surface area (Å²) in [6.45, 7) is 0. The summed E-state index contributed by atoms with van der Waals surface area (Å²) in [7, 11) is 0. The number of nitrogens with one attached hydrogen (secondary N) is 1. The van der Waals surface area contributed by atoms with Crippen molar-refractivity contribution in [3.05, 3.63) is 48.5 Å². The molecule has 4 rings (SSSR count). The van der Waals surface area contributed by atoms with Crippen molar-refractivity contribution < 1.29 is 18.0 Å². The van der Waals surface area contributed by atoms with Gasteiger partial charge in [0.2, 0.25) is 5.91 Å². The molecule has 1 fully saturated rings.